The molecule has 1 aliphatic heterocycles. The van der Waals surface area contributed by atoms with Crippen LogP contribution in [0.2, 0.25) is 5.02 Å². The summed E-state index contributed by atoms with van der Waals surface area (Å²) in [4.78, 5) is 27.1. The zero-order valence-corrected chi connectivity index (χ0v) is 18.0. The van der Waals surface area contributed by atoms with E-state index in [-0.39, 0.29) is 17.7 Å². The third-order valence-electron chi connectivity index (χ3n) is 5.29. The zero-order valence-electron chi connectivity index (χ0n) is 17.2. The van der Waals surface area contributed by atoms with Crippen molar-refractivity contribution < 1.29 is 9.59 Å². The number of nitrogens with zero attached hydrogens (tertiary/aromatic N) is 1. The minimum Gasteiger partial charge on any atom is -0.326 e. The lowest BCUT2D eigenvalue weighted by Gasteiger charge is -2.30. The number of nitrogens with one attached hydrogen (secondary N) is 2. The van der Waals surface area contributed by atoms with E-state index in [0.29, 0.717) is 11.6 Å². The van der Waals surface area contributed by atoms with Gasteiger partial charge in [-0.1, -0.05) is 23.7 Å². The van der Waals surface area contributed by atoms with Gasteiger partial charge in [-0.3, -0.25) is 14.5 Å². The summed E-state index contributed by atoms with van der Waals surface area (Å²) in [6.45, 7) is 7.78. The fourth-order valence-electron chi connectivity index (χ4n) is 3.77. The number of piperidine rings is 1. The van der Waals surface area contributed by atoms with E-state index in [1.54, 1.807) is 6.07 Å². The topological polar surface area (TPSA) is 61.4 Å². The highest BCUT2D eigenvalue weighted by Crippen LogP contribution is 2.24. The number of rotatable bonds is 5. The molecule has 2 N–H and O–H groups in total. The quantitative estimate of drug-likeness (QED) is 0.755. The van der Waals surface area contributed by atoms with Gasteiger partial charge < -0.3 is 10.6 Å². The highest BCUT2D eigenvalue weighted by Gasteiger charge is 2.26. The zero-order chi connectivity index (χ0) is 21.0. The largest absolute Gasteiger partial charge is 0.326 e. The number of carbonyl (C=O) groups is 2. The normalized spacial score (nSPS) is 15.2. The van der Waals surface area contributed by atoms with Gasteiger partial charge in [0, 0.05) is 22.3 Å². The van der Waals surface area contributed by atoms with E-state index >= 15 is 0 Å². The van der Waals surface area contributed by atoms with Gasteiger partial charge in [0.15, 0.2) is 0 Å². The number of benzene rings is 2. The summed E-state index contributed by atoms with van der Waals surface area (Å²) in [6, 6.07) is 11.5. The molecule has 1 aliphatic rings. The molecule has 154 valence electrons. The maximum absolute atomic E-state index is 12.6. The van der Waals surface area contributed by atoms with E-state index in [2.05, 4.69) is 21.6 Å². The van der Waals surface area contributed by atoms with Gasteiger partial charge in [0.2, 0.25) is 11.8 Å². The van der Waals surface area contributed by atoms with Gasteiger partial charge in [-0.25, -0.2) is 0 Å². The third kappa shape index (κ3) is 6.05. The first-order valence-electron chi connectivity index (χ1n) is 9.97. The van der Waals surface area contributed by atoms with Crippen LogP contribution < -0.4 is 10.6 Å². The predicted octanol–water partition coefficient (Wildman–Crippen LogP) is 4.55. The summed E-state index contributed by atoms with van der Waals surface area (Å²) in [5.74, 6) is -0.0470. The number of anilines is 2. The average molecular weight is 414 g/mol. The Hall–Kier alpha value is -2.37. The molecule has 3 rings (SSSR count). The number of hydrogen-bond donors (Lipinski definition) is 2. The predicted molar refractivity (Wildman–Crippen MR) is 119 cm³/mol. The van der Waals surface area contributed by atoms with Crippen LogP contribution in [-0.4, -0.2) is 36.3 Å². The summed E-state index contributed by atoms with van der Waals surface area (Å²) >= 11 is 6.03. The highest BCUT2D eigenvalue weighted by molar-refractivity contribution is 6.31. The number of aryl methyl sites for hydroxylation is 3. The van der Waals surface area contributed by atoms with Crippen LogP contribution in [0.5, 0.6) is 0 Å². The molecule has 1 fully saturated rings. The first-order chi connectivity index (χ1) is 13.8. The van der Waals surface area contributed by atoms with E-state index in [0.717, 1.165) is 54.0 Å². The molecule has 0 atom stereocenters. The maximum Gasteiger partial charge on any atom is 0.238 e. The molecule has 2 amide bonds. The number of amides is 2. The number of halogens is 1. The van der Waals surface area contributed by atoms with Crippen LogP contribution in [0, 0.1) is 26.7 Å². The molecule has 0 bridgehead atoms. The first-order valence-corrected chi connectivity index (χ1v) is 10.4. The van der Waals surface area contributed by atoms with Crippen LogP contribution >= 0.6 is 11.6 Å². The van der Waals surface area contributed by atoms with E-state index in [9.17, 15) is 9.59 Å². The fourth-order valence-corrected chi connectivity index (χ4v) is 3.94. The maximum atomic E-state index is 12.6. The van der Waals surface area contributed by atoms with Crippen molar-refractivity contribution in [2.75, 3.05) is 30.3 Å². The minimum atomic E-state index is -0.0490. The lowest BCUT2D eigenvalue weighted by atomic mass is 9.95. The van der Waals surface area contributed by atoms with Gasteiger partial charge in [-0.2, -0.15) is 0 Å². The van der Waals surface area contributed by atoms with Crippen molar-refractivity contribution in [2.24, 2.45) is 5.92 Å². The highest BCUT2D eigenvalue weighted by atomic mass is 35.5. The SMILES string of the molecule is Cc1cc(C)cc(NC(=O)CN2CCC(C(=O)Nc3cc(Cl)ccc3C)CC2)c1. The molecule has 0 unspecified atom stereocenters. The Labute approximate surface area is 177 Å². The molecule has 2 aromatic carbocycles. The lowest BCUT2D eigenvalue weighted by molar-refractivity contribution is -0.121. The van der Waals surface area contributed by atoms with Crippen LogP contribution in [-0.2, 0) is 9.59 Å². The molecular formula is C23H28ClN3O2. The lowest BCUT2D eigenvalue weighted by Crippen LogP contribution is -2.41. The van der Waals surface area contributed by atoms with Gasteiger partial charge in [-0.15, -0.1) is 0 Å². The van der Waals surface area contributed by atoms with Gasteiger partial charge in [-0.05, 0) is 87.7 Å². The molecule has 29 heavy (non-hydrogen) atoms. The number of hydrogen-bond acceptors (Lipinski definition) is 3. The van der Waals surface area contributed by atoms with Crippen molar-refractivity contribution in [3.05, 3.63) is 58.1 Å². The van der Waals surface area contributed by atoms with Crippen LogP contribution in [0.1, 0.15) is 29.5 Å². The molecule has 0 spiro atoms. The van der Waals surface area contributed by atoms with Crippen LogP contribution in [0.3, 0.4) is 0 Å². The first kappa shape index (κ1) is 21.3. The summed E-state index contributed by atoms with van der Waals surface area (Å²) in [7, 11) is 0. The smallest absolute Gasteiger partial charge is 0.238 e. The van der Waals surface area contributed by atoms with Crippen LogP contribution in [0.15, 0.2) is 36.4 Å². The van der Waals surface area contributed by atoms with Gasteiger partial charge in [0.25, 0.3) is 0 Å². The van der Waals surface area contributed by atoms with Gasteiger partial charge in [0.1, 0.15) is 0 Å². The van der Waals surface area contributed by atoms with Crippen LogP contribution in [0.4, 0.5) is 11.4 Å². The summed E-state index contributed by atoms with van der Waals surface area (Å²) in [6.07, 6.45) is 1.48. The Morgan fingerprint density at radius 2 is 1.66 bits per heavy atom. The van der Waals surface area contributed by atoms with Crippen molar-refractivity contribution >= 4 is 34.8 Å². The molecule has 0 radical (unpaired) electrons. The third-order valence-corrected chi connectivity index (χ3v) is 5.52. The fraction of sp³-hybridized carbons (Fsp3) is 0.391. The second-order valence-corrected chi connectivity index (χ2v) is 8.36. The van der Waals surface area contributed by atoms with Gasteiger partial charge in [0.05, 0.1) is 6.54 Å². The van der Waals surface area contributed by atoms with Crippen molar-refractivity contribution in [1.82, 2.24) is 4.90 Å². The number of likely N-dealkylation sites (tertiary alicyclic amines) is 1. The summed E-state index contributed by atoms with van der Waals surface area (Å²) in [5, 5.41) is 6.58. The van der Waals surface area contributed by atoms with Gasteiger partial charge >= 0.3 is 0 Å². The van der Waals surface area contributed by atoms with Crippen molar-refractivity contribution in [1.29, 1.82) is 0 Å². The Morgan fingerprint density at radius 3 is 2.31 bits per heavy atom. The molecule has 6 heteroatoms. The molecule has 5 nitrogen and oxygen atoms in total. The Kier molecular flexibility index (Phi) is 6.93. The molecule has 1 heterocycles. The molecule has 1 saturated heterocycles. The Balaban J connectivity index is 1.47. The monoisotopic (exact) mass is 413 g/mol. The van der Waals surface area contributed by atoms with E-state index < -0.39 is 0 Å². The minimum absolute atomic E-state index is 0.0209. The summed E-state index contributed by atoms with van der Waals surface area (Å²) in [5.41, 5.74) is 4.84. The van der Waals surface area contributed by atoms with Crippen molar-refractivity contribution in [3.8, 4) is 0 Å². The molecular weight excluding hydrogens is 386 g/mol. The van der Waals surface area contributed by atoms with Crippen LogP contribution in [0.25, 0.3) is 0 Å². The van der Waals surface area contributed by atoms with Crippen molar-refractivity contribution in [2.45, 2.75) is 33.6 Å². The van der Waals surface area contributed by atoms with E-state index in [4.69, 9.17) is 11.6 Å². The Bertz CT molecular complexity index is 885. The molecule has 0 aromatic heterocycles. The second kappa shape index (κ2) is 9.42. The molecule has 2 aromatic rings. The summed E-state index contributed by atoms with van der Waals surface area (Å²) < 4.78 is 0. The second-order valence-electron chi connectivity index (χ2n) is 7.92. The number of carbonyl (C=O) groups excluding carboxylic acids is 2. The average Bonchev–Trinajstić information content (AvgIpc) is 2.64. The molecule has 0 aliphatic carbocycles. The van der Waals surface area contributed by atoms with E-state index in [1.807, 2.05) is 45.0 Å². The molecule has 0 saturated carbocycles. The Morgan fingerprint density at radius 1 is 1.00 bits per heavy atom. The van der Waals surface area contributed by atoms with E-state index in [1.165, 1.54) is 0 Å². The standard InChI is InChI=1S/C23H28ClN3O2/c1-15-10-16(2)12-20(11-15)25-22(28)14-27-8-6-18(7-9-27)23(29)26-21-13-19(24)5-4-17(21)3/h4-5,10-13,18H,6-9,14H2,1-3H3,(H,25,28)(H,26,29). The van der Waals surface area contributed by atoms with Crippen molar-refractivity contribution in [3.63, 3.8) is 0 Å².